The fourth-order valence-electron chi connectivity index (χ4n) is 2.94. The van der Waals surface area contributed by atoms with Gasteiger partial charge in [0.25, 0.3) is 0 Å². The van der Waals surface area contributed by atoms with Gasteiger partial charge in [0.15, 0.2) is 0 Å². The first kappa shape index (κ1) is 17.3. The number of nitrogens with one attached hydrogen (secondary N) is 1. The van der Waals surface area contributed by atoms with E-state index in [2.05, 4.69) is 5.32 Å². The number of carbonyl (C=O) groups excluding carboxylic acids is 1. The summed E-state index contributed by atoms with van der Waals surface area (Å²) in [5, 5.41) is 3.00. The Balaban J connectivity index is 1.62. The Morgan fingerprint density at radius 1 is 1.20 bits per heavy atom. The summed E-state index contributed by atoms with van der Waals surface area (Å²) in [7, 11) is 1.65. The second-order valence-corrected chi connectivity index (χ2v) is 6.24. The Hall–Kier alpha value is -2.53. The van der Waals surface area contributed by atoms with Crippen LogP contribution in [0.15, 0.2) is 54.6 Å². The molecule has 1 saturated heterocycles. The molecule has 1 aliphatic heterocycles. The number of carbonyl (C=O) groups is 1. The van der Waals surface area contributed by atoms with Crippen LogP contribution in [0.25, 0.3) is 0 Å². The van der Waals surface area contributed by atoms with Gasteiger partial charge in [0.1, 0.15) is 11.9 Å². The summed E-state index contributed by atoms with van der Waals surface area (Å²) < 4.78 is 11.1. The third-order valence-electron chi connectivity index (χ3n) is 4.47. The summed E-state index contributed by atoms with van der Waals surface area (Å²) in [5.41, 5.74) is 2.14. The SMILES string of the molecule is COc1ccc(C2CN(C(=O)NCc3ccccc3)C(C)CO2)cc1. The zero-order valence-corrected chi connectivity index (χ0v) is 14.6. The molecular weight excluding hydrogens is 316 g/mol. The number of hydrogen-bond donors (Lipinski definition) is 1. The standard InChI is InChI=1S/C20H24N2O3/c1-15-14-25-19(17-8-10-18(24-2)11-9-17)13-22(15)20(23)21-12-16-6-4-3-5-7-16/h3-11,15,19H,12-14H2,1-2H3,(H,21,23). The summed E-state index contributed by atoms with van der Waals surface area (Å²) in [4.78, 5) is 14.4. The number of rotatable bonds is 4. The molecule has 2 atom stereocenters. The predicted octanol–water partition coefficient (Wildman–Crippen LogP) is 3.37. The quantitative estimate of drug-likeness (QED) is 0.928. The molecule has 3 rings (SSSR count). The second-order valence-electron chi connectivity index (χ2n) is 6.24. The number of benzene rings is 2. The lowest BCUT2D eigenvalue weighted by atomic mass is 10.1. The van der Waals surface area contributed by atoms with Crippen LogP contribution in [-0.2, 0) is 11.3 Å². The smallest absolute Gasteiger partial charge is 0.318 e. The highest BCUT2D eigenvalue weighted by Crippen LogP contribution is 2.26. The maximum atomic E-state index is 12.6. The lowest BCUT2D eigenvalue weighted by Gasteiger charge is -2.38. The molecule has 0 bridgehead atoms. The first-order valence-corrected chi connectivity index (χ1v) is 8.51. The molecule has 25 heavy (non-hydrogen) atoms. The van der Waals surface area contributed by atoms with Gasteiger partial charge < -0.3 is 19.7 Å². The predicted molar refractivity (Wildman–Crippen MR) is 96.5 cm³/mol. The largest absolute Gasteiger partial charge is 0.497 e. The van der Waals surface area contributed by atoms with Crippen LogP contribution in [-0.4, -0.2) is 37.2 Å². The van der Waals surface area contributed by atoms with Gasteiger partial charge in [-0.25, -0.2) is 4.79 Å². The first-order valence-electron chi connectivity index (χ1n) is 8.51. The summed E-state index contributed by atoms with van der Waals surface area (Å²) in [5.74, 6) is 0.811. The van der Waals surface area contributed by atoms with Crippen LogP contribution in [0.4, 0.5) is 4.79 Å². The summed E-state index contributed by atoms with van der Waals surface area (Å²) in [6.45, 7) is 3.59. The van der Waals surface area contributed by atoms with E-state index in [9.17, 15) is 4.79 Å². The van der Waals surface area contributed by atoms with Crippen molar-refractivity contribution in [1.29, 1.82) is 0 Å². The molecule has 132 valence electrons. The Morgan fingerprint density at radius 3 is 2.60 bits per heavy atom. The number of ether oxygens (including phenoxy) is 2. The highest BCUT2D eigenvalue weighted by atomic mass is 16.5. The normalized spacial score (nSPS) is 20.2. The Bertz CT molecular complexity index is 688. The highest BCUT2D eigenvalue weighted by Gasteiger charge is 2.30. The van der Waals surface area contributed by atoms with Crippen LogP contribution >= 0.6 is 0 Å². The summed E-state index contributed by atoms with van der Waals surface area (Å²) in [6, 6.07) is 17.7. The van der Waals surface area contributed by atoms with Gasteiger partial charge in [0.2, 0.25) is 0 Å². The minimum absolute atomic E-state index is 0.0465. The van der Waals surface area contributed by atoms with Crippen LogP contribution in [0.1, 0.15) is 24.2 Å². The molecule has 0 radical (unpaired) electrons. The van der Waals surface area contributed by atoms with E-state index in [1.807, 2.05) is 66.4 Å². The third kappa shape index (κ3) is 4.31. The van der Waals surface area contributed by atoms with Crippen LogP contribution in [0.5, 0.6) is 5.75 Å². The summed E-state index contributed by atoms with van der Waals surface area (Å²) >= 11 is 0. The molecule has 1 fully saturated rings. The number of nitrogens with zero attached hydrogens (tertiary/aromatic N) is 1. The minimum atomic E-state index is -0.121. The van der Waals surface area contributed by atoms with Crippen molar-refractivity contribution >= 4 is 6.03 Å². The van der Waals surface area contributed by atoms with Crippen molar-refractivity contribution in [3.05, 3.63) is 65.7 Å². The van der Waals surface area contributed by atoms with E-state index in [1.165, 1.54) is 0 Å². The molecule has 2 aromatic rings. The average molecular weight is 340 g/mol. The van der Waals surface area contributed by atoms with Crippen molar-refractivity contribution < 1.29 is 14.3 Å². The molecule has 1 N–H and O–H groups in total. The van der Waals surface area contributed by atoms with Crippen LogP contribution in [0.2, 0.25) is 0 Å². The van der Waals surface area contributed by atoms with E-state index in [0.717, 1.165) is 16.9 Å². The van der Waals surface area contributed by atoms with Gasteiger partial charge in [-0.1, -0.05) is 42.5 Å². The van der Waals surface area contributed by atoms with Crippen molar-refractivity contribution in [2.75, 3.05) is 20.3 Å². The molecule has 0 aromatic heterocycles. The first-order chi connectivity index (χ1) is 12.2. The van der Waals surface area contributed by atoms with Gasteiger partial charge in [-0.3, -0.25) is 0 Å². The molecule has 2 aromatic carbocycles. The monoisotopic (exact) mass is 340 g/mol. The van der Waals surface area contributed by atoms with Crippen LogP contribution in [0.3, 0.4) is 0 Å². The van der Waals surface area contributed by atoms with Gasteiger partial charge in [-0.2, -0.15) is 0 Å². The molecule has 5 heteroatoms. The molecule has 2 unspecified atom stereocenters. The average Bonchev–Trinajstić information content (AvgIpc) is 2.67. The van der Waals surface area contributed by atoms with E-state index in [0.29, 0.717) is 19.7 Å². The number of hydrogen-bond acceptors (Lipinski definition) is 3. The summed E-state index contributed by atoms with van der Waals surface area (Å²) in [6.07, 6.45) is -0.121. The molecule has 5 nitrogen and oxygen atoms in total. The Kier molecular flexibility index (Phi) is 5.56. The number of morpholine rings is 1. The van der Waals surface area contributed by atoms with Gasteiger partial charge in [-0.05, 0) is 30.2 Å². The van der Waals surface area contributed by atoms with E-state index >= 15 is 0 Å². The highest BCUT2D eigenvalue weighted by molar-refractivity contribution is 5.74. The van der Waals surface area contributed by atoms with E-state index in [4.69, 9.17) is 9.47 Å². The zero-order chi connectivity index (χ0) is 17.6. The minimum Gasteiger partial charge on any atom is -0.497 e. The molecule has 0 saturated carbocycles. The number of methoxy groups -OCH3 is 1. The molecule has 1 aliphatic rings. The van der Waals surface area contributed by atoms with E-state index in [1.54, 1.807) is 7.11 Å². The van der Waals surface area contributed by atoms with Crippen molar-refractivity contribution in [1.82, 2.24) is 10.2 Å². The maximum Gasteiger partial charge on any atom is 0.318 e. The Morgan fingerprint density at radius 2 is 1.92 bits per heavy atom. The van der Waals surface area contributed by atoms with Gasteiger partial charge >= 0.3 is 6.03 Å². The van der Waals surface area contributed by atoms with Crippen molar-refractivity contribution in [3.63, 3.8) is 0 Å². The molecule has 1 heterocycles. The van der Waals surface area contributed by atoms with Crippen LogP contribution < -0.4 is 10.1 Å². The van der Waals surface area contributed by atoms with Crippen molar-refractivity contribution in [2.45, 2.75) is 25.6 Å². The molecule has 2 amide bonds. The van der Waals surface area contributed by atoms with Crippen LogP contribution in [0, 0.1) is 0 Å². The van der Waals surface area contributed by atoms with Crippen molar-refractivity contribution in [3.8, 4) is 5.75 Å². The lowest BCUT2D eigenvalue weighted by molar-refractivity contribution is -0.0428. The molecule has 0 spiro atoms. The fourth-order valence-corrected chi connectivity index (χ4v) is 2.94. The molecule has 0 aliphatic carbocycles. The van der Waals surface area contributed by atoms with Gasteiger partial charge in [0, 0.05) is 6.54 Å². The van der Waals surface area contributed by atoms with E-state index < -0.39 is 0 Å². The lowest BCUT2D eigenvalue weighted by Crippen LogP contribution is -2.51. The van der Waals surface area contributed by atoms with Gasteiger partial charge in [0.05, 0.1) is 26.3 Å². The fraction of sp³-hybridized carbons (Fsp3) is 0.350. The van der Waals surface area contributed by atoms with E-state index in [-0.39, 0.29) is 18.2 Å². The van der Waals surface area contributed by atoms with Crippen molar-refractivity contribution in [2.24, 2.45) is 0 Å². The maximum absolute atomic E-state index is 12.6. The third-order valence-corrected chi connectivity index (χ3v) is 4.47. The number of urea groups is 1. The Labute approximate surface area is 148 Å². The number of amides is 2. The second kappa shape index (κ2) is 8.03. The zero-order valence-electron chi connectivity index (χ0n) is 14.6. The van der Waals surface area contributed by atoms with Gasteiger partial charge in [-0.15, -0.1) is 0 Å². The molecular formula is C20H24N2O3. The topological polar surface area (TPSA) is 50.8 Å².